The largest absolute Gasteiger partial charge is 0.371 e. The maximum absolute atomic E-state index is 13.7. The molecule has 3 aliphatic heterocycles. The van der Waals surface area contributed by atoms with Crippen molar-refractivity contribution in [2.45, 2.75) is 50.9 Å². The number of likely N-dealkylation sites (N-methyl/N-ethyl adjacent to an activating group) is 1. The van der Waals surface area contributed by atoms with Crippen molar-refractivity contribution in [1.82, 2.24) is 20.7 Å². The van der Waals surface area contributed by atoms with Crippen LogP contribution in [0.25, 0.3) is 0 Å². The molecule has 9 heteroatoms. The molecule has 2 fully saturated rings. The van der Waals surface area contributed by atoms with Crippen molar-refractivity contribution >= 4 is 23.4 Å². The molecular weight excluding hydrogens is 533 g/mol. The third kappa shape index (κ3) is 5.30. The van der Waals surface area contributed by atoms with E-state index >= 15 is 0 Å². The molecule has 0 spiro atoms. The monoisotopic (exact) mass is 569 g/mol. The molecule has 3 aromatic carbocycles. The van der Waals surface area contributed by atoms with Crippen LogP contribution in [0.3, 0.4) is 0 Å². The van der Waals surface area contributed by atoms with E-state index in [4.69, 9.17) is 0 Å². The summed E-state index contributed by atoms with van der Waals surface area (Å²) in [6, 6.07) is 21.9. The number of carbonyl (C=O) groups is 3. The van der Waals surface area contributed by atoms with Crippen LogP contribution in [0.4, 0.5) is 10.1 Å². The first-order valence-electron chi connectivity index (χ1n) is 14.6. The number of piperidine rings is 1. The van der Waals surface area contributed by atoms with E-state index in [2.05, 4.69) is 34.8 Å². The molecule has 0 saturated carbocycles. The topological polar surface area (TPSA) is 85.0 Å². The highest BCUT2D eigenvalue weighted by Gasteiger charge is 2.40. The molecule has 3 unspecified atom stereocenters. The molecule has 8 nitrogen and oxygen atoms in total. The fourth-order valence-corrected chi connectivity index (χ4v) is 6.47. The van der Waals surface area contributed by atoms with Crippen LogP contribution >= 0.6 is 0 Å². The molecule has 3 amide bonds. The van der Waals surface area contributed by atoms with E-state index in [0.717, 1.165) is 6.42 Å². The van der Waals surface area contributed by atoms with E-state index < -0.39 is 5.82 Å². The molecule has 0 radical (unpaired) electrons. The first-order chi connectivity index (χ1) is 20.3. The third-order valence-electron chi connectivity index (χ3n) is 9.07. The Labute approximate surface area is 245 Å². The summed E-state index contributed by atoms with van der Waals surface area (Å²) < 4.78 is 13.7. The molecule has 2 N–H and O–H groups in total. The van der Waals surface area contributed by atoms with Crippen molar-refractivity contribution in [2.75, 3.05) is 25.0 Å². The maximum Gasteiger partial charge on any atom is 0.263 e. The zero-order valence-electron chi connectivity index (χ0n) is 23.9. The van der Waals surface area contributed by atoms with E-state index in [1.807, 2.05) is 36.2 Å². The van der Waals surface area contributed by atoms with E-state index in [1.54, 1.807) is 24.3 Å². The molecule has 0 aromatic heterocycles. The molecular formula is C33H36FN5O3. The van der Waals surface area contributed by atoms with Gasteiger partial charge in [0, 0.05) is 44.2 Å². The number of halogens is 1. The van der Waals surface area contributed by atoms with Gasteiger partial charge in [-0.1, -0.05) is 48.5 Å². The average Bonchev–Trinajstić information content (AvgIpc) is 3.61. The van der Waals surface area contributed by atoms with Crippen LogP contribution in [0.1, 0.15) is 64.1 Å². The summed E-state index contributed by atoms with van der Waals surface area (Å²) in [5.74, 6) is -1.11. The van der Waals surface area contributed by atoms with Crippen molar-refractivity contribution in [1.29, 1.82) is 0 Å². The van der Waals surface area contributed by atoms with Crippen molar-refractivity contribution in [2.24, 2.45) is 5.92 Å². The maximum atomic E-state index is 13.7. The first kappa shape index (κ1) is 28.1. The first-order valence-corrected chi connectivity index (χ1v) is 14.6. The quantitative estimate of drug-likeness (QED) is 0.413. The Morgan fingerprint density at radius 3 is 2.45 bits per heavy atom. The van der Waals surface area contributed by atoms with Crippen LogP contribution in [0.5, 0.6) is 0 Å². The number of nitrogens with zero attached hydrogens (tertiary/aromatic N) is 3. The Hall–Kier alpha value is -4.08. The Balaban J connectivity index is 1.08. The highest BCUT2D eigenvalue weighted by molar-refractivity contribution is 6.23. The Morgan fingerprint density at radius 2 is 1.71 bits per heavy atom. The van der Waals surface area contributed by atoms with E-state index in [9.17, 15) is 18.8 Å². The number of hydrogen-bond donors (Lipinski definition) is 2. The minimum absolute atomic E-state index is 0.0156. The van der Waals surface area contributed by atoms with Crippen LogP contribution in [-0.2, 0) is 11.3 Å². The summed E-state index contributed by atoms with van der Waals surface area (Å²) >= 11 is 0. The van der Waals surface area contributed by atoms with Gasteiger partial charge in [0.05, 0.1) is 23.4 Å². The molecule has 0 aliphatic carbocycles. The van der Waals surface area contributed by atoms with Gasteiger partial charge >= 0.3 is 0 Å². The second kappa shape index (κ2) is 11.7. The zero-order chi connectivity index (χ0) is 29.4. The summed E-state index contributed by atoms with van der Waals surface area (Å²) in [6.07, 6.45) is 2.22. The van der Waals surface area contributed by atoms with E-state index in [1.165, 1.54) is 22.6 Å². The van der Waals surface area contributed by atoms with Gasteiger partial charge in [-0.3, -0.25) is 24.7 Å². The van der Waals surface area contributed by atoms with Crippen LogP contribution in [0.15, 0.2) is 72.8 Å². The minimum atomic E-state index is -0.408. The van der Waals surface area contributed by atoms with Gasteiger partial charge in [-0.25, -0.2) is 9.82 Å². The molecule has 3 aliphatic rings. The number of hydrogen-bond acceptors (Lipinski definition) is 6. The lowest BCUT2D eigenvalue weighted by molar-refractivity contribution is -0.137. The normalized spacial score (nSPS) is 21.5. The van der Waals surface area contributed by atoms with Gasteiger partial charge in [0.2, 0.25) is 5.91 Å². The van der Waals surface area contributed by atoms with Crippen molar-refractivity contribution in [3.05, 3.63) is 101 Å². The van der Waals surface area contributed by atoms with Crippen LogP contribution < -0.4 is 15.8 Å². The van der Waals surface area contributed by atoms with Gasteiger partial charge < -0.3 is 9.80 Å². The molecule has 6 rings (SSSR count). The second-order valence-electron chi connectivity index (χ2n) is 11.6. The Morgan fingerprint density at radius 1 is 0.976 bits per heavy atom. The van der Waals surface area contributed by atoms with Gasteiger partial charge in [0.25, 0.3) is 11.8 Å². The number of hydrazine groups is 1. The van der Waals surface area contributed by atoms with Crippen molar-refractivity contribution < 1.29 is 18.8 Å². The van der Waals surface area contributed by atoms with Gasteiger partial charge in [-0.05, 0) is 61.6 Å². The van der Waals surface area contributed by atoms with Gasteiger partial charge in [0.15, 0.2) is 0 Å². The summed E-state index contributed by atoms with van der Waals surface area (Å²) in [5.41, 5.74) is 10.0. The SMILES string of the molecule is CC(C1CC(c2ccccc2)NN1)N(C)C(=O)C1CCN(c2cccc3c2C(=O)N(Cc2cccc(F)c2)C3=O)CC1. The summed E-state index contributed by atoms with van der Waals surface area (Å²) in [5, 5.41) is 0. The van der Waals surface area contributed by atoms with Crippen molar-refractivity contribution in [3.8, 4) is 0 Å². The fourth-order valence-electron chi connectivity index (χ4n) is 6.47. The summed E-state index contributed by atoms with van der Waals surface area (Å²) in [6.45, 7) is 3.33. The molecule has 3 heterocycles. The number of nitrogens with one attached hydrogen (secondary N) is 2. The number of rotatable bonds is 7. The summed E-state index contributed by atoms with van der Waals surface area (Å²) in [4.78, 5) is 45.3. The molecule has 0 bridgehead atoms. The zero-order valence-corrected chi connectivity index (χ0v) is 23.9. The smallest absolute Gasteiger partial charge is 0.263 e. The predicted octanol–water partition coefficient (Wildman–Crippen LogP) is 4.29. The van der Waals surface area contributed by atoms with Crippen LogP contribution in [0.2, 0.25) is 0 Å². The third-order valence-corrected chi connectivity index (χ3v) is 9.07. The summed E-state index contributed by atoms with van der Waals surface area (Å²) in [7, 11) is 1.89. The molecule has 42 heavy (non-hydrogen) atoms. The van der Waals surface area contributed by atoms with E-state index in [0.29, 0.717) is 48.3 Å². The van der Waals surface area contributed by atoms with Gasteiger partial charge in [-0.2, -0.15) is 0 Å². The molecule has 2 saturated heterocycles. The van der Waals surface area contributed by atoms with Crippen molar-refractivity contribution in [3.63, 3.8) is 0 Å². The minimum Gasteiger partial charge on any atom is -0.371 e. The Kier molecular flexibility index (Phi) is 7.79. The lowest BCUT2D eigenvalue weighted by Gasteiger charge is -2.37. The van der Waals surface area contributed by atoms with Crippen LogP contribution in [-0.4, -0.2) is 59.7 Å². The molecule has 3 aromatic rings. The number of benzene rings is 3. The number of imide groups is 1. The lowest BCUT2D eigenvalue weighted by atomic mass is 9.92. The Bertz CT molecular complexity index is 1490. The van der Waals surface area contributed by atoms with Gasteiger partial charge in [0.1, 0.15) is 5.82 Å². The standard InChI is InChI=1S/C33H36FN5O3/c1-21(27-19-28(36-35-27)23-9-4-3-5-10-23)37(2)31(40)24-14-16-38(17-15-24)29-13-7-12-26-30(29)33(42)39(32(26)41)20-22-8-6-11-25(34)18-22/h3-13,18,21,24,27-28,35-36H,14-17,19-20H2,1-2H3. The number of carbonyl (C=O) groups excluding carboxylic acids is 3. The average molecular weight is 570 g/mol. The lowest BCUT2D eigenvalue weighted by Crippen LogP contribution is -2.51. The molecule has 218 valence electrons. The number of amides is 3. The highest BCUT2D eigenvalue weighted by Crippen LogP contribution is 2.35. The van der Waals surface area contributed by atoms with Crippen LogP contribution in [0, 0.1) is 11.7 Å². The van der Waals surface area contributed by atoms with E-state index in [-0.39, 0.29) is 48.3 Å². The second-order valence-corrected chi connectivity index (χ2v) is 11.6. The highest BCUT2D eigenvalue weighted by atomic mass is 19.1. The number of fused-ring (bicyclic) bond motifs is 1. The number of anilines is 1. The fraction of sp³-hybridized carbons (Fsp3) is 0.364. The predicted molar refractivity (Wildman–Crippen MR) is 158 cm³/mol. The van der Waals surface area contributed by atoms with Gasteiger partial charge in [-0.15, -0.1) is 0 Å². The molecule has 3 atom stereocenters.